The van der Waals surface area contributed by atoms with E-state index in [-0.39, 0.29) is 0 Å². The summed E-state index contributed by atoms with van der Waals surface area (Å²) in [6.45, 7) is 3.86. The standard InChI is InChI=1S/C10H19S/c1-2-3-4-6-10-7-5-8-11-9-10/h10H,1-9H2. The van der Waals surface area contributed by atoms with Gasteiger partial charge in [0.2, 0.25) is 0 Å². The molecular formula is C10H19S. The maximum Gasteiger partial charge on any atom is -0.00391 e. The van der Waals surface area contributed by atoms with Crippen molar-refractivity contribution in [3.8, 4) is 0 Å². The Labute approximate surface area is 75.1 Å². The molecule has 1 heteroatoms. The van der Waals surface area contributed by atoms with Crippen LogP contribution < -0.4 is 0 Å². The first-order valence-corrected chi connectivity index (χ1v) is 5.96. The van der Waals surface area contributed by atoms with E-state index in [0.717, 1.165) is 12.3 Å². The Kier molecular flexibility index (Phi) is 5.09. The zero-order valence-electron chi connectivity index (χ0n) is 7.35. The smallest absolute Gasteiger partial charge is 0.00391 e. The molecule has 0 aromatic rings. The van der Waals surface area contributed by atoms with Crippen LogP contribution in [0.1, 0.15) is 38.5 Å². The van der Waals surface area contributed by atoms with Crippen molar-refractivity contribution in [3.05, 3.63) is 6.92 Å². The molecule has 1 rings (SSSR count). The summed E-state index contributed by atoms with van der Waals surface area (Å²) in [5, 5.41) is 0. The Hall–Kier alpha value is 0.350. The van der Waals surface area contributed by atoms with Crippen LogP contribution in [0.4, 0.5) is 0 Å². The van der Waals surface area contributed by atoms with Crippen LogP contribution in [0.5, 0.6) is 0 Å². The van der Waals surface area contributed by atoms with Gasteiger partial charge >= 0.3 is 0 Å². The van der Waals surface area contributed by atoms with Crippen molar-refractivity contribution in [2.75, 3.05) is 11.5 Å². The van der Waals surface area contributed by atoms with E-state index in [1.165, 1.54) is 43.6 Å². The first-order valence-electron chi connectivity index (χ1n) is 4.80. The minimum atomic E-state index is 1.04. The Morgan fingerprint density at radius 2 is 2.27 bits per heavy atom. The van der Waals surface area contributed by atoms with Crippen LogP contribution in [-0.2, 0) is 0 Å². The highest BCUT2D eigenvalue weighted by atomic mass is 32.2. The Balaban J connectivity index is 1.96. The summed E-state index contributed by atoms with van der Waals surface area (Å²) >= 11 is 2.15. The summed E-state index contributed by atoms with van der Waals surface area (Å²) in [6, 6.07) is 0. The Morgan fingerprint density at radius 1 is 1.36 bits per heavy atom. The Morgan fingerprint density at radius 3 is 2.91 bits per heavy atom. The van der Waals surface area contributed by atoms with E-state index in [0.29, 0.717) is 0 Å². The summed E-state index contributed by atoms with van der Waals surface area (Å²) in [4.78, 5) is 0. The van der Waals surface area contributed by atoms with Gasteiger partial charge in [0, 0.05) is 0 Å². The van der Waals surface area contributed by atoms with E-state index in [1.54, 1.807) is 0 Å². The lowest BCUT2D eigenvalue weighted by molar-refractivity contribution is 0.462. The molecule has 1 saturated heterocycles. The molecular weight excluding hydrogens is 152 g/mol. The maximum atomic E-state index is 3.86. The molecule has 0 amide bonds. The van der Waals surface area contributed by atoms with Crippen LogP contribution in [0.2, 0.25) is 0 Å². The van der Waals surface area contributed by atoms with Crippen molar-refractivity contribution in [2.45, 2.75) is 38.5 Å². The van der Waals surface area contributed by atoms with Gasteiger partial charge in [0.25, 0.3) is 0 Å². The van der Waals surface area contributed by atoms with Crippen molar-refractivity contribution >= 4 is 11.8 Å². The second-order valence-electron chi connectivity index (χ2n) is 3.43. The molecule has 0 saturated carbocycles. The molecule has 65 valence electrons. The molecule has 1 heterocycles. The molecule has 1 unspecified atom stereocenters. The van der Waals surface area contributed by atoms with Gasteiger partial charge in [0.1, 0.15) is 0 Å². The highest BCUT2D eigenvalue weighted by molar-refractivity contribution is 7.99. The van der Waals surface area contributed by atoms with Crippen molar-refractivity contribution in [1.29, 1.82) is 0 Å². The minimum Gasteiger partial charge on any atom is -0.162 e. The summed E-state index contributed by atoms with van der Waals surface area (Å²) in [7, 11) is 0. The number of unbranched alkanes of at least 4 members (excludes halogenated alkanes) is 2. The topological polar surface area (TPSA) is 0 Å². The molecule has 0 nitrogen and oxygen atoms in total. The van der Waals surface area contributed by atoms with Gasteiger partial charge in [-0.05, 0) is 36.7 Å². The van der Waals surface area contributed by atoms with Gasteiger partial charge in [-0.3, -0.25) is 0 Å². The first-order chi connectivity index (χ1) is 5.43. The van der Waals surface area contributed by atoms with Crippen LogP contribution >= 0.6 is 11.8 Å². The number of rotatable bonds is 4. The molecule has 1 fully saturated rings. The van der Waals surface area contributed by atoms with E-state index in [9.17, 15) is 0 Å². The predicted molar refractivity (Wildman–Crippen MR) is 53.9 cm³/mol. The van der Waals surface area contributed by atoms with E-state index < -0.39 is 0 Å². The van der Waals surface area contributed by atoms with Crippen LogP contribution in [0.25, 0.3) is 0 Å². The van der Waals surface area contributed by atoms with Gasteiger partial charge in [-0.15, -0.1) is 0 Å². The molecule has 0 aromatic carbocycles. The highest BCUT2D eigenvalue weighted by Crippen LogP contribution is 2.26. The van der Waals surface area contributed by atoms with Crippen molar-refractivity contribution in [1.82, 2.24) is 0 Å². The molecule has 1 atom stereocenters. The van der Waals surface area contributed by atoms with Crippen molar-refractivity contribution < 1.29 is 0 Å². The normalized spacial score (nSPS) is 25.4. The molecule has 0 aromatic heterocycles. The average molecular weight is 171 g/mol. The minimum absolute atomic E-state index is 1.04. The van der Waals surface area contributed by atoms with Crippen LogP contribution in [0.3, 0.4) is 0 Å². The molecule has 0 spiro atoms. The van der Waals surface area contributed by atoms with Crippen LogP contribution in [-0.4, -0.2) is 11.5 Å². The molecule has 11 heavy (non-hydrogen) atoms. The van der Waals surface area contributed by atoms with E-state index in [1.807, 2.05) is 0 Å². The lowest BCUT2D eigenvalue weighted by Gasteiger charge is -2.20. The summed E-state index contributed by atoms with van der Waals surface area (Å²) in [5.41, 5.74) is 0. The summed E-state index contributed by atoms with van der Waals surface area (Å²) in [6.07, 6.45) is 8.28. The van der Waals surface area contributed by atoms with Gasteiger partial charge in [-0.1, -0.05) is 26.2 Å². The lowest BCUT2D eigenvalue weighted by atomic mass is 9.98. The second-order valence-corrected chi connectivity index (χ2v) is 4.58. The van der Waals surface area contributed by atoms with E-state index in [4.69, 9.17) is 0 Å². The fourth-order valence-corrected chi connectivity index (χ4v) is 2.85. The quantitative estimate of drug-likeness (QED) is 0.583. The fourth-order valence-electron chi connectivity index (χ4n) is 1.64. The zero-order chi connectivity index (χ0) is 7.94. The summed E-state index contributed by atoms with van der Waals surface area (Å²) < 4.78 is 0. The van der Waals surface area contributed by atoms with Gasteiger partial charge in [0.15, 0.2) is 0 Å². The zero-order valence-corrected chi connectivity index (χ0v) is 8.17. The Bertz CT molecular complexity index is 84.9. The number of thioether (sulfide) groups is 1. The first kappa shape index (κ1) is 9.44. The van der Waals surface area contributed by atoms with E-state index in [2.05, 4.69) is 18.7 Å². The molecule has 1 radical (unpaired) electrons. The SMILES string of the molecule is [CH2]CCCCC1CCCSC1. The number of hydrogen-bond acceptors (Lipinski definition) is 1. The molecule has 1 aliphatic heterocycles. The van der Waals surface area contributed by atoms with E-state index >= 15 is 0 Å². The van der Waals surface area contributed by atoms with Gasteiger partial charge in [0.05, 0.1) is 0 Å². The van der Waals surface area contributed by atoms with Crippen molar-refractivity contribution in [2.24, 2.45) is 5.92 Å². The third-order valence-electron chi connectivity index (χ3n) is 2.37. The van der Waals surface area contributed by atoms with Gasteiger partial charge in [-0.25, -0.2) is 0 Å². The molecule has 1 aliphatic rings. The van der Waals surface area contributed by atoms with Crippen LogP contribution in [0, 0.1) is 12.8 Å². The summed E-state index contributed by atoms with van der Waals surface area (Å²) in [5.74, 6) is 3.88. The largest absolute Gasteiger partial charge is 0.162 e. The third-order valence-corrected chi connectivity index (χ3v) is 3.65. The highest BCUT2D eigenvalue weighted by Gasteiger charge is 2.12. The third kappa shape index (κ3) is 4.05. The molecule has 0 aliphatic carbocycles. The lowest BCUT2D eigenvalue weighted by Crippen LogP contribution is -2.09. The second kappa shape index (κ2) is 5.93. The van der Waals surface area contributed by atoms with Gasteiger partial charge in [-0.2, -0.15) is 11.8 Å². The fraction of sp³-hybridized carbons (Fsp3) is 0.900. The van der Waals surface area contributed by atoms with Gasteiger partial charge < -0.3 is 0 Å². The van der Waals surface area contributed by atoms with Crippen LogP contribution in [0.15, 0.2) is 0 Å². The predicted octanol–water partition coefficient (Wildman–Crippen LogP) is 3.52. The number of hydrogen-bond donors (Lipinski definition) is 0. The molecule has 0 N–H and O–H groups in total. The van der Waals surface area contributed by atoms with Crippen molar-refractivity contribution in [3.63, 3.8) is 0 Å². The average Bonchev–Trinajstić information content (AvgIpc) is 2.07. The molecule has 0 bridgehead atoms. The maximum absolute atomic E-state index is 3.86. The monoisotopic (exact) mass is 171 g/mol.